The molecule has 0 aromatic carbocycles. The third-order valence-electron chi connectivity index (χ3n) is 3.42. The summed E-state index contributed by atoms with van der Waals surface area (Å²) in [4.78, 5) is 0. The highest BCUT2D eigenvalue weighted by Crippen LogP contribution is 2.21. The van der Waals surface area contributed by atoms with Gasteiger partial charge in [0.25, 0.3) is 0 Å². The van der Waals surface area contributed by atoms with Crippen LogP contribution >= 0.6 is 0 Å². The van der Waals surface area contributed by atoms with Gasteiger partial charge in [0.15, 0.2) is 0 Å². The maximum atomic E-state index is 3.47. The van der Waals surface area contributed by atoms with Crippen molar-refractivity contribution in [2.45, 2.75) is 67.0 Å². The Labute approximate surface area is 113 Å². The zero-order chi connectivity index (χ0) is 13.6. The van der Waals surface area contributed by atoms with Crippen molar-refractivity contribution < 1.29 is 0 Å². The third kappa shape index (κ3) is 5.26. The lowest BCUT2D eigenvalue weighted by molar-refractivity contribution is 0.353. The molecule has 2 nitrogen and oxygen atoms in total. The van der Waals surface area contributed by atoms with Crippen molar-refractivity contribution in [3.8, 4) is 0 Å². The van der Waals surface area contributed by atoms with E-state index in [9.17, 15) is 0 Å². The van der Waals surface area contributed by atoms with Crippen LogP contribution in [0, 0.1) is 12.3 Å². The smallest absolute Gasteiger partial charge is 0.0223 e. The standard InChI is InChI=1S/C16H30N2/c1-6-10-17-13-15-8-12-18(14(15)2)11-7-9-16(3,4)5/h8,12,17H,6-7,9-11,13H2,1-5H3. The summed E-state index contributed by atoms with van der Waals surface area (Å²) >= 11 is 0. The van der Waals surface area contributed by atoms with Crippen molar-refractivity contribution >= 4 is 0 Å². The predicted molar refractivity (Wildman–Crippen MR) is 79.9 cm³/mol. The normalized spacial score (nSPS) is 12.1. The fraction of sp³-hybridized carbons (Fsp3) is 0.750. The SMILES string of the molecule is CCCNCc1ccn(CCCC(C)(C)C)c1C. The number of nitrogens with one attached hydrogen (secondary N) is 1. The number of rotatable bonds is 7. The molecule has 0 saturated carbocycles. The molecule has 0 spiro atoms. The van der Waals surface area contributed by atoms with Crippen LogP contribution < -0.4 is 5.32 Å². The molecule has 18 heavy (non-hydrogen) atoms. The second-order valence-corrected chi connectivity index (χ2v) is 6.46. The molecule has 0 atom stereocenters. The van der Waals surface area contributed by atoms with Crippen LogP contribution in [0.25, 0.3) is 0 Å². The maximum Gasteiger partial charge on any atom is 0.0223 e. The summed E-state index contributed by atoms with van der Waals surface area (Å²) in [5.74, 6) is 0. The Morgan fingerprint density at radius 3 is 2.61 bits per heavy atom. The first kappa shape index (κ1) is 15.3. The number of hydrogen-bond acceptors (Lipinski definition) is 1. The lowest BCUT2D eigenvalue weighted by atomic mass is 9.91. The topological polar surface area (TPSA) is 17.0 Å². The van der Waals surface area contributed by atoms with Crippen LogP contribution in [0.4, 0.5) is 0 Å². The third-order valence-corrected chi connectivity index (χ3v) is 3.42. The van der Waals surface area contributed by atoms with Crippen molar-refractivity contribution in [3.05, 3.63) is 23.5 Å². The van der Waals surface area contributed by atoms with Crippen LogP contribution in [0.5, 0.6) is 0 Å². The van der Waals surface area contributed by atoms with Gasteiger partial charge in [0.2, 0.25) is 0 Å². The van der Waals surface area contributed by atoms with E-state index < -0.39 is 0 Å². The Kier molecular flexibility index (Phi) is 5.94. The summed E-state index contributed by atoms with van der Waals surface area (Å²) in [5, 5.41) is 3.47. The summed E-state index contributed by atoms with van der Waals surface area (Å²) in [7, 11) is 0. The van der Waals surface area contributed by atoms with Gasteiger partial charge in [0.05, 0.1) is 0 Å². The van der Waals surface area contributed by atoms with Gasteiger partial charge < -0.3 is 9.88 Å². The second kappa shape index (κ2) is 6.98. The summed E-state index contributed by atoms with van der Waals surface area (Å²) in [6.07, 6.45) is 5.99. The van der Waals surface area contributed by atoms with Crippen LogP contribution in [0.15, 0.2) is 12.3 Å². The van der Waals surface area contributed by atoms with E-state index in [1.165, 1.54) is 30.5 Å². The molecule has 0 aliphatic carbocycles. The quantitative estimate of drug-likeness (QED) is 0.720. The molecule has 0 bridgehead atoms. The molecule has 1 aromatic rings. The van der Waals surface area contributed by atoms with E-state index in [2.05, 4.69) is 56.8 Å². The highest BCUT2D eigenvalue weighted by molar-refractivity contribution is 5.20. The van der Waals surface area contributed by atoms with Crippen molar-refractivity contribution in [3.63, 3.8) is 0 Å². The zero-order valence-electron chi connectivity index (χ0n) is 12.8. The fourth-order valence-electron chi connectivity index (χ4n) is 2.21. The Morgan fingerprint density at radius 2 is 2.00 bits per heavy atom. The highest BCUT2D eigenvalue weighted by atomic mass is 15.0. The maximum absolute atomic E-state index is 3.47. The van der Waals surface area contributed by atoms with Crippen LogP contribution in [0.1, 0.15) is 58.2 Å². The van der Waals surface area contributed by atoms with Gasteiger partial charge in [-0.15, -0.1) is 0 Å². The van der Waals surface area contributed by atoms with Crippen LogP contribution in [-0.2, 0) is 13.1 Å². The van der Waals surface area contributed by atoms with E-state index in [4.69, 9.17) is 0 Å². The first-order valence-electron chi connectivity index (χ1n) is 7.29. The average Bonchev–Trinajstić information content (AvgIpc) is 2.60. The predicted octanol–water partition coefficient (Wildman–Crippen LogP) is 4.12. The minimum atomic E-state index is 0.451. The van der Waals surface area contributed by atoms with Crippen molar-refractivity contribution in [2.75, 3.05) is 6.54 Å². The minimum Gasteiger partial charge on any atom is -0.351 e. The van der Waals surface area contributed by atoms with Gasteiger partial charge in [-0.25, -0.2) is 0 Å². The molecule has 2 heteroatoms. The Balaban J connectivity index is 2.43. The summed E-state index contributed by atoms with van der Waals surface area (Å²) < 4.78 is 2.40. The van der Waals surface area contributed by atoms with Gasteiger partial charge in [0, 0.05) is 25.0 Å². The number of hydrogen-bond donors (Lipinski definition) is 1. The first-order valence-corrected chi connectivity index (χ1v) is 7.29. The number of aromatic nitrogens is 1. The van der Waals surface area contributed by atoms with Gasteiger partial charge >= 0.3 is 0 Å². The highest BCUT2D eigenvalue weighted by Gasteiger charge is 2.10. The molecule has 0 saturated heterocycles. The van der Waals surface area contributed by atoms with E-state index in [0.29, 0.717) is 5.41 Å². The molecule has 0 amide bonds. The molecule has 0 aliphatic heterocycles. The molecule has 1 heterocycles. The lowest BCUT2D eigenvalue weighted by Gasteiger charge is -2.18. The van der Waals surface area contributed by atoms with E-state index >= 15 is 0 Å². The Hall–Kier alpha value is -0.760. The van der Waals surface area contributed by atoms with E-state index in [1.54, 1.807) is 0 Å². The molecular formula is C16H30N2. The van der Waals surface area contributed by atoms with Gasteiger partial charge in [-0.2, -0.15) is 0 Å². The molecular weight excluding hydrogens is 220 g/mol. The van der Waals surface area contributed by atoms with Gasteiger partial charge in [-0.3, -0.25) is 0 Å². The average molecular weight is 250 g/mol. The van der Waals surface area contributed by atoms with Crippen LogP contribution in [0.2, 0.25) is 0 Å². The van der Waals surface area contributed by atoms with E-state index in [-0.39, 0.29) is 0 Å². The second-order valence-electron chi connectivity index (χ2n) is 6.46. The largest absolute Gasteiger partial charge is 0.351 e. The molecule has 1 rings (SSSR count). The minimum absolute atomic E-state index is 0.451. The summed E-state index contributed by atoms with van der Waals surface area (Å²) in [5.41, 5.74) is 3.32. The summed E-state index contributed by atoms with van der Waals surface area (Å²) in [6, 6.07) is 2.26. The van der Waals surface area contributed by atoms with Crippen LogP contribution in [0.3, 0.4) is 0 Å². The van der Waals surface area contributed by atoms with Crippen molar-refractivity contribution in [1.29, 1.82) is 0 Å². The molecule has 104 valence electrons. The molecule has 0 unspecified atom stereocenters. The van der Waals surface area contributed by atoms with Gasteiger partial charge in [0.1, 0.15) is 0 Å². The van der Waals surface area contributed by atoms with Gasteiger partial charge in [-0.05, 0) is 49.8 Å². The molecule has 0 radical (unpaired) electrons. The molecule has 0 fully saturated rings. The van der Waals surface area contributed by atoms with E-state index in [0.717, 1.165) is 19.6 Å². The summed E-state index contributed by atoms with van der Waals surface area (Å²) in [6.45, 7) is 14.6. The fourth-order valence-corrected chi connectivity index (χ4v) is 2.21. The van der Waals surface area contributed by atoms with Crippen molar-refractivity contribution in [1.82, 2.24) is 9.88 Å². The molecule has 1 aromatic heterocycles. The number of aryl methyl sites for hydroxylation is 1. The monoisotopic (exact) mass is 250 g/mol. The van der Waals surface area contributed by atoms with Crippen molar-refractivity contribution in [2.24, 2.45) is 5.41 Å². The first-order chi connectivity index (χ1) is 8.44. The Morgan fingerprint density at radius 1 is 1.28 bits per heavy atom. The zero-order valence-corrected chi connectivity index (χ0v) is 12.8. The van der Waals surface area contributed by atoms with Gasteiger partial charge in [-0.1, -0.05) is 27.7 Å². The Bertz CT molecular complexity index is 344. The van der Waals surface area contributed by atoms with Crippen LogP contribution in [-0.4, -0.2) is 11.1 Å². The lowest BCUT2D eigenvalue weighted by Crippen LogP contribution is -2.14. The number of nitrogens with zero attached hydrogens (tertiary/aromatic N) is 1. The molecule has 0 aliphatic rings. The molecule has 1 N–H and O–H groups in total. The van der Waals surface area contributed by atoms with E-state index in [1.807, 2.05) is 0 Å².